The van der Waals surface area contributed by atoms with E-state index in [1.54, 1.807) is 43.5 Å². The van der Waals surface area contributed by atoms with Gasteiger partial charge in [-0.25, -0.2) is 8.42 Å². The molecule has 0 unspecified atom stereocenters. The first-order valence-electron chi connectivity index (χ1n) is 8.86. The molecule has 2 aromatic rings. The van der Waals surface area contributed by atoms with Gasteiger partial charge in [-0.3, -0.25) is 4.72 Å². The van der Waals surface area contributed by atoms with Crippen molar-refractivity contribution < 1.29 is 13.2 Å². The molecule has 3 rings (SSSR count). The number of rotatable bonds is 6. The summed E-state index contributed by atoms with van der Waals surface area (Å²) in [6, 6.07) is 11.9. The van der Waals surface area contributed by atoms with Crippen LogP contribution in [-0.4, -0.2) is 53.2 Å². The highest BCUT2D eigenvalue weighted by Crippen LogP contribution is 2.33. The van der Waals surface area contributed by atoms with Gasteiger partial charge in [-0.1, -0.05) is 22.9 Å². The minimum absolute atomic E-state index is 0.222. The number of nitrogens with one attached hydrogen (secondary N) is 1. The van der Waals surface area contributed by atoms with Gasteiger partial charge in [0.05, 0.1) is 23.4 Å². The predicted octanol–water partition coefficient (Wildman–Crippen LogP) is 3.40. The fraction of sp³-hybridized carbons (Fsp3) is 0.368. The molecular formula is C19H24BrN3O3S. The van der Waals surface area contributed by atoms with Gasteiger partial charge in [-0.2, -0.15) is 0 Å². The highest BCUT2D eigenvalue weighted by molar-refractivity contribution is 9.10. The van der Waals surface area contributed by atoms with Gasteiger partial charge in [0.2, 0.25) is 0 Å². The second kappa shape index (κ2) is 8.50. The van der Waals surface area contributed by atoms with Crippen molar-refractivity contribution in [2.75, 3.05) is 49.5 Å². The van der Waals surface area contributed by atoms with Crippen molar-refractivity contribution in [3.8, 4) is 5.75 Å². The van der Waals surface area contributed by atoms with E-state index in [1.165, 1.54) is 0 Å². The number of hydrogen-bond donors (Lipinski definition) is 1. The van der Waals surface area contributed by atoms with Crippen LogP contribution in [0.1, 0.15) is 6.92 Å². The fourth-order valence-corrected chi connectivity index (χ4v) is 4.45. The van der Waals surface area contributed by atoms with Crippen molar-refractivity contribution in [2.45, 2.75) is 11.8 Å². The minimum atomic E-state index is -3.65. The molecule has 0 atom stereocenters. The summed E-state index contributed by atoms with van der Waals surface area (Å²) in [5, 5.41) is 0. The largest absolute Gasteiger partial charge is 0.495 e. The number of benzene rings is 2. The number of halogens is 1. The second-order valence-electron chi connectivity index (χ2n) is 6.37. The molecule has 1 heterocycles. The van der Waals surface area contributed by atoms with Crippen LogP contribution in [0.5, 0.6) is 5.75 Å². The monoisotopic (exact) mass is 453 g/mol. The molecule has 0 spiro atoms. The van der Waals surface area contributed by atoms with Crippen molar-refractivity contribution in [1.82, 2.24) is 4.90 Å². The predicted molar refractivity (Wildman–Crippen MR) is 112 cm³/mol. The van der Waals surface area contributed by atoms with Crippen molar-refractivity contribution in [2.24, 2.45) is 0 Å². The zero-order valence-electron chi connectivity index (χ0n) is 15.5. The minimum Gasteiger partial charge on any atom is -0.495 e. The number of likely N-dealkylation sites (N-methyl/N-ethyl adjacent to an activating group) is 1. The van der Waals surface area contributed by atoms with Crippen molar-refractivity contribution in [1.29, 1.82) is 0 Å². The Labute approximate surface area is 169 Å². The lowest BCUT2D eigenvalue weighted by Gasteiger charge is -2.36. The second-order valence-corrected chi connectivity index (χ2v) is 8.97. The average molecular weight is 454 g/mol. The molecule has 0 bridgehead atoms. The van der Waals surface area contributed by atoms with Crippen molar-refractivity contribution in [3.63, 3.8) is 0 Å². The van der Waals surface area contributed by atoms with E-state index in [4.69, 9.17) is 4.74 Å². The average Bonchev–Trinajstić information content (AvgIpc) is 2.68. The van der Waals surface area contributed by atoms with Crippen LogP contribution >= 0.6 is 15.9 Å². The van der Waals surface area contributed by atoms with Crippen LogP contribution < -0.4 is 14.4 Å². The van der Waals surface area contributed by atoms with Crippen LogP contribution in [0.3, 0.4) is 0 Å². The summed E-state index contributed by atoms with van der Waals surface area (Å²) in [6.07, 6.45) is 0. The normalized spacial score (nSPS) is 15.6. The fourth-order valence-electron chi connectivity index (χ4n) is 3.13. The molecule has 1 aliphatic heterocycles. The Hall–Kier alpha value is -1.77. The third-order valence-electron chi connectivity index (χ3n) is 4.72. The van der Waals surface area contributed by atoms with Crippen LogP contribution in [-0.2, 0) is 10.0 Å². The van der Waals surface area contributed by atoms with Crippen molar-refractivity contribution in [3.05, 3.63) is 46.9 Å². The molecule has 0 aliphatic carbocycles. The number of methoxy groups -OCH3 is 1. The molecule has 0 saturated carbocycles. The van der Waals surface area contributed by atoms with Gasteiger partial charge in [0.15, 0.2) is 0 Å². The Balaban J connectivity index is 1.83. The number of nitrogens with zero attached hydrogens (tertiary/aromatic N) is 2. The van der Waals surface area contributed by atoms with E-state index in [0.717, 1.165) is 48.6 Å². The lowest BCUT2D eigenvalue weighted by Crippen LogP contribution is -2.46. The van der Waals surface area contributed by atoms with Gasteiger partial charge in [-0.15, -0.1) is 0 Å². The highest BCUT2D eigenvalue weighted by atomic mass is 79.9. The molecule has 0 amide bonds. The first-order chi connectivity index (χ1) is 12.9. The molecule has 1 fully saturated rings. The molecule has 1 N–H and O–H groups in total. The Morgan fingerprint density at radius 1 is 1.07 bits per heavy atom. The maximum Gasteiger partial charge on any atom is 0.261 e. The summed E-state index contributed by atoms with van der Waals surface area (Å²) < 4.78 is 34.3. The number of anilines is 2. The molecule has 6 nitrogen and oxygen atoms in total. The van der Waals surface area contributed by atoms with Crippen LogP contribution in [0, 0.1) is 0 Å². The summed E-state index contributed by atoms with van der Waals surface area (Å²) >= 11 is 3.32. The van der Waals surface area contributed by atoms with Crippen LogP contribution in [0.4, 0.5) is 11.4 Å². The Morgan fingerprint density at radius 2 is 1.74 bits per heavy atom. The maximum absolute atomic E-state index is 12.7. The summed E-state index contributed by atoms with van der Waals surface area (Å²) in [4.78, 5) is 4.85. The molecule has 27 heavy (non-hydrogen) atoms. The van der Waals surface area contributed by atoms with Gasteiger partial charge >= 0.3 is 0 Å². The van der Waals surface area contributed by atoms with Gasteiger partial charge in [0, 0.05) is 30.7 Å². The number of piperazine rings is 1. The van der Waals surface area contributed by atoms with Crippen LogP contribution in [0.2, 0.25) is 0 Å². The standard InChI is InChI=1S/C19H24BrN3O3S/c1-3-22-10-12-23(13-11-22)18-14-16(6-9-19(18)26-2)21-27(24,25)17-7-4-15(20)5-8-17/h4-9,14,21H,3,10-13H2,1-2H3. The van der Waals surface area contributed by atoms with E-state index in [2.05, 4.69) is 37.4 Å². The summed E-state index contributed by atoms with van der Waals surface area (Å²) in [5.41, 5.74) is 1.43. The molecule has 1 saturated heterocycles. The number of hydrogen-bond acceptors (Lipinski definition) is 5. The number of ether oxygens (including phenoxy) is 1. The topological polar surface area (TPSA) is 61.9 Å². The van der Waals surface area contributed by atoms with E-state index >= 15 is 0 Å². The van der Waals surface area contributed by atoms with E-state index in [1.807, 2.05) is 6.07 Å². The van der Waals surface area contributed by atoms with E-state index < -0.39 is 10.0 Å². The molecule has 8 heteroatoms. The third-order valence-corrected chi connectivity index (χ3v) is 6.64. The van der Waals surface area contributed by atoms with Gasteiger partial charge in [0.1, 0.15) is 5.75 Å². The Morgan fingerprint density at radius 3 is 2.33 bits per heavy atom. The summed E-state index contributed by atoms with van der Waals surface area (Å²) in [7, 11) is -2.02. The van der Waals surface area contributed by atoms with E-state index in [-0.39, 0.29) is 4.90 Å². The van der Waals surface area contributed by atoms with Crippen LogP contribution in [0.15, 0.2) is 51.8 Å². The number of sulfonamides is 1. The SMILES string of the molecule is CCN1CCN(c2cc(NS(=O)(=O)c3ccc(Br)cc3)ccc2OC)CC1. The van der Waals surface area contributed by atoms with Gasteiger partial charge < -0.3 is 14.5 Å². The van der Waals surface area contributed by atoms with Crippen LogP contribution in [0.25, 0.3) is 0 Å². The van der Waals surface area contributed by atoms with Crippen molar-refractivity contribution >= 4 is 37.3 Å². The molecule has 0 aromatic heterocycles. The Bertz CT molecular complexity index is 880. The lowest BCUT2D eigenvalue weighted by atomic mass is 10.2. The van der Waals surface area contributed by atoms with Gasteiger partial charge in [-0.05, 0) is 49.0 Å². The highest BCUT2D eigenvalue weighted by Gasteiger charge is 2.20. The molecule has 146 valence electrons. The molecular weight excluding hydrogens is 430 g/mol. The zero-order chi connectivity index (χ0) is 19.4. The first-order valence-corrected chi connectivity index (χ1v) is 11.1. The van der Waals surface area contributed by atoms with E-state index in [9.17, 15) is 8.42 Å². The zero-order valence-corrected chi connectivity index (χ0v) is 17.9. The van der Waals surface area contributed by atoms with Gasteiger partial charge in [0.25, 0.3) is 10.0 Å². The maximum atomic E-state index is 12.7. The first kappa shape index (κ1) is 20.0. The quantitative estimate of drug-likeness (QED) is 0.725. The Kier molecular flexibility index (Phi) is 6.29. The van der Waals surface area contributed by atoms with E-state index in [0.29, 0.717) is 5.69 Å². The molecule has 2 aromatic carbocycles. The molecule has 1 aliphatic rings. The lowest BCUT2D eigenvalue weighted by molar-refractivity contribution is 0.270. The molecule has 0 radical (unpaired) electrons. The smallest absolute Gasteiger partial charge is 0.261 e. The third kappa shape index (κ3) is 4.75. The summed E-state index contributed by atoms with van der Waals surface area (Å²) in [5.74, 6) is 0.742. The summed E-state index contributed by atoms with van der Waals surface area (Å²) in [6.45, 7) is 6.93.